The molecule has 0 aromatic heterocycles. The number of nitrogen functional groups attached to an aromatic ring is 1. The largest absolute Gasteiger partial charge is 0.399 e. The van der Waals surface area contributed by atoms with Crippen LogP contribution in [-0.2, 0) is 11.2 Å². The lowest BCUT2D eigenvalue weighted by Crippen LogP contribution is -2.29. The van der Waals surface area contributed by atoms with Gasteiger partial charge in [-0.25, -0.2) is 0 Å². The summed E-state index contributed by atoms with van der Waals surface area (Å²) >= 11 is 0. The number of anilines is 1. The molecule has 0 fully saturated rings. The fraction of sp³-hybridized carbons (Fsp3) is 0.417. The van der Waals surface area contributed by atoms with Crippen molar-refractivity contribution in [1.82, 2.24) is 4.90 Å². The molecule has 0 aliphatic rings. The van der Waals surface area contributed by atoms with Gasteiger partial charge in [0.1, 0.15) is 0 Å². The van der Waals surface area contributed by atoms with E-state index in [0.717, 1.165) is 11.3 Å². The molecule has 1 amide bonds. The zero-order valence-electron chi connectivity index (χ0n) is 9.52. The molecule has 0 spiro atoms. The second kappa shape index (κ2) is 6.12. The first kappa shape index (κ1) is 12.5. The third-order valence-electron chi connectivity index (χ3n) is 2.47. The van der Waals surface area contributed by atoms with Crippen LogP contribution < -0.4 is 5.73 Å². The Morgan fingerprint density at radius 3 is 2.56 bits per heavy atom. The molecule has 4 nitrogen and oxygen atoms in total. The van der Waals surface area contributed by atoms with E-state index in [1.165, 1.54) is 4.90 Å². The molecule has 88 valence electrons. The smallest absolute Gasteiger partial charge is 0.222 e. The fourth-order valence-electron chi connectivity index (χ4n) is 1.40. The van der Waals surface area contributed by atoms with Gasteiger partial charge in [-0.05, 0) is 24.1 Å². The monoisotopic (exact) mass is 222 g/mol. The summed E-state index contributed by atoms with van der Waals surface area (Å²) in [6.45, 7) is 0.394. The summed E-state index contributed by atoms with van der Waals surface area (Å²) in [5, 5.41) is 8.69. The molecule has 0 aliphatic heterocycles. The summed E-state index contributed by atoms with van der Waals surface area (Å²) in [6.07, 6.45) is 1.16. The Hall–Kier alpha value is -1.55. The van der Waals surface area contributed by atoms with Crippen LogP contribution in [0.15, 0.2) is 24.3 Å². The van der Waals surface area contributed by atoms with Gasteiger partial charge in [-0.2, -0.15) is 0 Å². The Morgan fingerprint density at radius 1 is 1.38 bits per heavy atom. The third kappa shape index (κ3) is 3.90. The van der Waals surface area contributed by atoms with Crippen molar-refractivity contribution < 1.29 is 9.90 Å². The van der Waals surface area contributed by atoms with Gasteiger partial charge in [0.15, 0.2) is 0 Å². The van der Waals surface area contributed by atoms with Crippen molar-refractivity contribution in [2.24, 2.45) is 0 Å². The Kier molecular flexibility index (Phi) is 4.79. The van der Waals surface area contributed by atoms with Crippen molar-refractivity contribution in [1.29, 1.82) is 0 Å². The van der Waals surface area contributed by atoms with Gasteiger partial charge in [-0.15, -0.1) is 0 Å². The van der Waals surface area contributed by atoms with Crippen molar-refractivity contribution >= 4 is 11.6 Å². The lowest BCUT2D eigenvalue weighted by molar-refractivity contribution is -0.130. The van der Waals surface area contributed by atoms with Gasteiger partial charge in [0.2, 0.25) is 5.91 Å². The van der Waals surface area contributed by atoms with Gasteiger partial charge in [-0.1, -0.05) is 12.1 Å². The second-order valence-electron chi connectivity index (χ2n) is 3.78. The lowest BCUT2D eigenvalue weighted by Gasteiger charge is -2.15. The van der Waals surface area contributed by atoms with E-state index in [4.69, 9.17) is 10.8 Å². The van der Waals surface area contributed by atoms with E-state index in [1.54, 1.807) is 7.05 Å². The molecule has 0 bridgehead atoms. The minimum atomic E-state index is 0.00408. The lowest BCUT2D eigenvalue weighted by atomic mass is 10.1. The molecule has 0 atom stereocenters. The van der Waals surface area contributed by atoms with E-state index < -0.39 is 0 Å². The molecule has 1 aromatic rings. The quantitative estimate of drug-likeness (QED) is 0.719. The maximum absolute atomic E-state index is 11.6. The SMILES string of the molecule is CN(CCO)C(=O)CCc1ccc(N)cc1. The molecule has 0 saturated heterocycles. The van der Waals surface area contributed by atoms with Gasteiger partial charge >= 0.3 is 0 Å². The maximum atomic E-state index is 11.6. The van der Waals surface area contributed by atoms with Crippen LogP contribution in [0.25, 0.3) is 0 Å². The molecule has 1 aromatic carbocycles. The molecule has 0 aliphatic carbocycles. The van der Waals surface area contributed by atoms with Crippen molar-refractivity contribution in [3.05, 3.63) is 29.8 Å². The molecule has 0 radical (unpaired) electrons. The zero-order valence-corrected chi connectivity index (χ0v) is 9.52. The average Bonchev–Trinajstić information content (AvgIpc) is 2.28. The number of nitrogens with two attached hydrogens (primary N) is 1. The van der Waals surface area contributed by atoms with E-state index >= 15 is 0 Å². The summed E-state index contributed by atoms with van der Waals surface area (Å²) in [4.78, 5) is 13.1. The Labute approximate surface area is 95.7 Å². The fourth-order valence-corrected chi connectivity index (χ4v) is 1.40. The Bertz CT molecular complexity index is 335. The number of aliphatic hydroxyl groups excluding tert-OH is 1. The average molecular weight is 222 g/mol. The third-order valence-corrected chi connectivity index (χ3v) is 2.47. The van der Waals surface area contributed by atoms with E-state index in [-0.39, 0.29) is 12.5 Å². The first-order valence-electron chi connectivity index (χ1n) is 5.32. The highest BCUT2D eigenvalue weighted by atomic mass is 16.3. The molecule has 16 heavy (non-hydrogen) atoms. The van der Waals surface area contributed by atoms with Crippen LogP contribution >= 0.6 is 0 Å². The summed E-state index contributed by atoms with van der Waals surface area (Å²) < 4.78 is 0. The maximum Gasteiger partial charge on any atom is 0.222 e. The van der Waals surface area contributed by atoms with Crippen LogP contribution in [0.1, 0.15) is 12.0 Å². The summed E-state index contributed by atoms with van der Waals surface area (Å²) in [5.74, 6) is 0.0471. The highest BCUT2D eigenvalue weighted by Crippen LogP contribution is 2.08. The van der Waals surface area contributed by atoms with Crippen LogP contribution in [0.3, 0.4) is 0 Å². The first-order chi connectivity index (χ1) is 7.63. The van der Waals surface area contributed by atoms with Crippen LogP contribution in [-0.4, -0.2) is 36.1 Å². The summed E-state index contributed by atoms with van der Waals surface area (Å²) in [5.41, 5.74) is 7.39. The summed E-state index contributed by atoms with van der Waals surface area (Å²) in [6, 6.07) is 7.51. The molecule has 0 saturated carbocycles. The van der Waals surface area contributed by atoms with Gasteiger partial charge in [0.05, 0.1) is 6.61 Å². The number of carbonyl (C=O) groups is 1. The summed E-state index contributed by atoms with van der Waals surface area (Å²) in [7, 11) is 1.70. The molecular formula is C12H18N2O2. The normalized spacial score (nSPS) is 10.1. The van der Waals surface area contributed by atoms with Crippen molar-refractivity contribution in [2.75, 3.05) is 25.9 Å². The van der Waals surface area contributed by atoms with Crippen molar-refractivity contribution in [2.45, 2.75) is 12.8 Å². The minimum Gasteiger partial charge on any atom is -0.399 e. The van der Waals surface area contributed by atoms with Gasteiger partial charge < -0.3 is 15.7 Å². The first-order valence-corrected chi connectivity index (χ1v) is 5.32. The number of hydrogen-bond acceptors (Lipinski definition) is 3. The van der Waals surface area contributed by atoms with Crippen LogP contribution in [0.4, 0.5) is 5.69 Å². The number of likely N-dealkylation sites (N-methyl/N-ethyl adjacent to an activating group) is 1. The molecular weight excluding hydrogens is 204 g/mol. The number of rotatable bonds is 5. The van der Waals surface area contributed by atoms with E-state index in [2.05, 4.69) is 0 Å². The highest BCUT2D eigenvalue weighted by molar-refractivity contribution is 5.76. The van der Waals surface area contributed by atoms with Gasteiger partial charge in [0, 0.05) is 25.7 Å². The van der Waals surface area contributed by atoms with Crippen LogP contribution in [0.2, 0.25) is 0 Å². The number of benzene rings is 1. The van der Waals surface area contributed by atoms with Gasteiger partial charge in [0.25, 0.3) is 0 Å². The van der Waals surface area contributed by atoms with E-state index in [9.17, 15) is 4.79 Å². The number of amides is 1. The van der Waals surface area contributed by atoms with E-state index in [0.29, 0.717) is 19.4 Å². The highest BCUT2D eigenvalue weighted by Gasteiger charge is 2.07. The van der Waals surface area contributed by atoms with Crippen LogP contribution in [0, 0.1) is 0 Å². The number of carbonyl (C=O) groups excluding carboxylic acids is 1. The molecule has 4 heteroatoms. The number of hydrogen-bond donors (Lipinski definition) is 2. The Balaban J connectivity index is 2.39. The van der Waals surface area contributed by atoms with Crippen LogP contribution in [0.5, 0.6) is 0 Å². The van der Waals surface area contributed by atoms with E-state index in [1.807, 2.05) is 24.3 Å². The van der Waals surface area contributed by atoms with Crippen molar-refractivity contribution in [3.63, 3.8) is 0 Å². The number of aliphatic hydroxyl groups is 1. The Morgan fingerprint density at radius 2 is 2.00 bits per heavy atom. The van der Waals surface area contributed by atoms with Crippen molar-refractivity contribution in [3.8, 4) is 0 Å². The standard InChI is InChI=1S/C12H18N2O2/c1-14(8-9-15)12(16)7-4-10-2-5-11(13)6-3-10/h2-3,5-6,15H,4,7-9,13H2,1H3. The zero-order chi connectivity index (χ0) is 12.0. The second-order valence-corrected chi connectivity index (χ2v) is 3.78. The molecule has 0 heterocycles. The molecule has 1 rings (SSSR count). The topological polar surface area (TPSA) is 66.6 Å². The number of nitrogens with zero attached hydrogens (tertiary/aromatic N) is 1. The molecule has 3 N–H and O–H groups in total. The molecule has 0 unspecified atom stereocenters. The van der Waals surface area contributed by atoms with Gasteiger partial charge in [-0.3, -0.25) is 4.79 Å². The predicted molar refractivity (Wildman–Crippen MR) is 63.9 cm³/mol. The minimum absolute atomic E-state index is 0.00408. The number of aryl methyl sites for hydroxylation is 1. The predicted octanol–water partition coefficient (Wildman–Crippen LogP) is 0.652.